The van der Waals surface area contributed by atoms with Crippen molar-refractivity contribution in [3.63, 3.8) is 0 Å². The van der Waals surface area contributed by atoms with Crippen LogP contribution in [-0.2, 0) is 23.9 Å². The maximum atomic E-state index is 11.3. The SMILES string of the molecule is CCOC(=O)CO/N=C/c1ccc(OCC(=O)OCC)c(OC)c1. The molecule has 0 fully saturated rings. The largest absolute Gasteiger partial charge is 0.493 e. The highest BCUT2D eigenvalue weighted by Crippen LogP contribution is 2.27. The third kappa shape index (κ3) is 6.99. The Kier molecular flexibility index (Phi) is 8.73. The first-order valence-corrected chi connectivity index (χ1v) is 7.38. The minimum atomic E-state index is -0.491. The summed E-state index contributed by atoms with van der Waals surface area (Å²) in [5.41, 5.74) is 0.666. The zero-order valence-corrected chi connectivity index (χ0v) is 13.9. The topological polar surface area (TPSA) is 92.7 Å². The number of oxime groups is 1. The third-order valence-electron chi connectivity index (χ3n) is 2.60. The number of benzene rings is 1. The van der Waals surface area contributed by atoms with Gasteiger partial charge in [-0.15, -0.1) is 0 Å². The molecule has 0 spiro atoms. The van der Waals surface area contributed by atoms with Gasteiger partial charge in [0.15, 0.2) is 18.1 Å². The van der Waals surface area contributed by atoms with Gasteiger partial charge in [-0.3, -0.25) is 0 Å². The zero-order chi connectivity index (χ0) is 17.8. The molecule has 8 heteroatoms. The second kappa shape index (κ2) is 10.9. The number of esters is 2. The van der Waals surface area contributed by atoms with E-state index in [-0.39, 0.29) is 19.8 Å². The first-order chi connectivity index (χ1) is 11.6. The Balaban J connectivity index is 2.59. The quantitative estimate of drug-likeness (QED) is 0.363. The monoisotopic (exact) mass is 339 g/mol. The summed E-state index contributed by atoms with van der Waals surface area (Å²) in [6.45, 7) is 3.54. The Morgan fingerprint density at radius 2 is 1.71 bits per heavy atom. The van der Waals surface area contributed by atoms with Crippen LogP contribution >= 0.6 is 0 Å². The summed E-state index contributed by atoms with van der Waals surface area (Å²) < 4.78 is 20.0. The van der Waals surface area contributed by atoms with Gasteiger partial charge in [0.1, 0.15) is 0 Å². The smallest absolute Gasteiger partial charge is 0.347 e. The average Bonchev–Trinajstić information content (AvgIpc) is 2.57. The fraction of sp³-hybridized carbons (Fsp3) is 0.438. The molecule has 132 valence electrons. The van der Waals surface area contributed by atoms with Crippen LogP contribution in [0.1, 0.15) is 19.4 Å². The molecule has 0 radical (unpaired) electrons. The van der Waals surface area contributed by atoms with Gasteiger partial charge >= 0.3 is 11.9 Å². The Morgan fingerprint density at radius 3 is 2.33 bits per heavy atom. The second-order valence-corrected chi connectivity index (χ2v) is 4.32. The van der Waals surface area contributed by atoms with Crippen LogP contribution in [0.5, 0.6) is 11.5 Å². The molecule has 24 heavy (non-hydrogen) atoms. The van der Waals surface area contributed by atoms with E-state index >= 15 is 0 Å². The van der Waals surface area contributed by atoms with E-state index in [0.29, 0.717) is 23.7 Å². The third-order valence-corrected chi connectivity index (χ3v) is 2.60. The van der Waals surface area contributed by atoms with Crippen molar-refractivity contribution in [2.75, 3.05) is 33.5 Å². The van der Waals surface area contributed by atoms with E-state index in [2.05, 4.69) is 5.16 Å². The van der Waals surface area contributed by atoms with Crippen LogP contribution in [0.3, 0.4) is 0 Å². The van der Waals surface area contributed by atoms with Crippen molar-refractivity contribution in [3.05, 3.63) is 23.8 Å². The minimum Gasteiger partial charge on any atom is -0.493 e. The number of nitrogens with zero attached hydrogens (tertiary/aromatic N) is 1. The summed E-state index contributed by atoms with van der Waals surface area (Å²) in [7, 11) is 1.48. The van der Waals surface area contributed by atoms with Gasteiger partial charge in [-0.2, -0.15) is 0 Å². The minimum absolute atomic E-state index is 0.208. The van der Waals surface area contributed by atoms with Crippen molar-refractivity contribution in [2.24, 2.45) is 5.16 Å². The second-order valence-electron chi connectivity index (χ2n) is 4.32. The molecule has 0 saturated heterocycles. The van der Waals surface area contributed by atoms with Crippen LogP contribution in [0.2, 0.25) is 0 Å². The Labute approximate surface area is 140 Å². The molecule has 0 bridgehead atoms. The summed E-state index contributed by atoms with van der Waals surface area (Å²) >= 11 is 0. The van der Waals surface area contributed by atoms with Gasteiger partial charge < -0.3 is 23.8 Å². The van der Waals surface area contributed by atoms with Crippen molar-refractivity contribution < 1.29 is 33.4 Å². The maximum absolute atomic E-state index is 11.3. The summed E-state index contributed by atoms with van der Waals surface area (Å²) in [4.78, 5) is 27.2. The standard InChI is InChI=1S/C16H21NO7/c1-4-21-15(18)10-23-13-7-6-12(8-14(13)20-3)9-17-24-11-16(19)22-5-2/h6-9H,4-5,10-11H2,1-3H3/b17-9+. The Hall–Kier alpha value is -2.77. The van der Waals surface area contributed by atoms with Crippen molar-refractivity contribution in [3.8, 4) is 11.5 Å². The Bertz CT molecular complexity index is 572. The normalized spacial score (nSPS) is 10.3. The number of carbonyl (C=O) groups is 2. The number of rotatable bonds is 10. The van der Waals surface area contributed by atoms with Crippen LogP contribution < -0.4 is 9.47 Å². The van der Waals surface area contributed by atoms with E-state index < -0.39 is 11.9 Å². The van der Waals surface area contributed by atoms with Gasteiger partial charge in [-0.05, 0) is 32.0 Å². The molecule has 0 aliphatic carbocycles. The molecule has 0 amide bonds. The van der Waals surface area contributed by atoms with Crippen molar-refractivity contribution in [2.45, 2.75) is 13.8 Å². The number of hydrogen-bond donors (Lipinski definition) is 0. The molecule has 0 unspecified atom stereocenters. The fourth-order valence-electron chi connectivity index (χ4n) is 1.61. The number of carbonyl (C=O) groups excluding carboxylic acids is 2. The lowest BCUT2D eigenvalue weighted by Gasteiger charge is -2.10. The number of hydrogen-bond acceptors (Lipinski definition) is 8. The van der Waals surface area contributed by atoms with Gasteiger partial charge in [0.25, 0.3) is 0 Å². The molecule has 0 atom stereocenters. The molecule has 0 aliphatic heterocycles. The van der Waals surface area contributed by atoms with Crippen LogP contribution in [0.4, 0.5) is 0 Å². The predicted molar refractivity (Wildman–Crippen MR) is 85.3 cm³/mol. The van der Waals surface area contributed by atoms with Gasteiger partial charge in [0, 0.05) is 5.56 Å². The molecular formula is C16H21NO7. The van der Waals surface area contributed by atoms with Crippen LogP contribution in [-0.4, -0.2) is 51.7 Å². The van der Waals surface area contributed by atoms with E-state index in [1.54, 1.807) is 32.0 Å². The highest BCUT2D eigenvalue weighted by molar-refractivity contribution is 5.80. The predicted octanol–water partition coefficient (Wildman–Crippen LogP) is 1.55. The van der Waals surface area contributed by atoms with Gasteiger partial charge in [0.2, 0.25) is 6.61 Å². The lowest BCUT2D eigenvalue weighted by Crippen LogP contribution is -2.14. The maximum Gasteiger partial charge on any atom is 0.347 e. The van der Waals surface area contributed by atoms with Gasteiger partial charge in [0.05, 0.1) is 26.5 Å². The summed E-state index contributed by atoms with van der Waals surface area (Å²) in [6, 6.07) is 4.97. The summed E-state index contributed by atoms with van der Waals surface area (Å²) in [6.07, 6.45) is 1.41. The number of ether oxygens (including phenoxy) is 4. The first-order valence-electron chi connectivity index (χ1n) is 7.38. The molecule has 8 nitrogen and oxygen atoms in total. The molecule has 0 aromatic heterocycles. The lowest BCUT2D eigenvalue weighted by atomic mass is 10.2. The molecule has 0 N–H and O–H groups in total. The zero-order valence-electron chi connectivity index (χ0n) is 13.9. The summed E-state index contributed by atoms with van der Waals surface area (Å²) in [5.74, 6) is -0.128. The molecule has 1 aromatic carbocycles. The average molecular weight is 339 g/mol. The molecule has 0 saturated carbocycles. The van der Waals surface area contributed by atoms with Crippen molar-refractivity contribution in [1.82, 2.24) is 0 Å². The highest BCUT2D eigenvalue weighted by atomic mass is 16.6. The first kappa shape index (κ1) is 19.3. The summed E-state index contributed by atoms with van der Waals surface area (Å²) in [5, 5.41) is 3.67. The molecule has 1 rings (SSSR count). The van der Waals surface area contributed by atoms with Gasteiger partial charge in [-0.1, -0.05) is 5.16 Å². The van der Waals surface area contributed by atoms with E-state index in [1.807, 2.05) is 0 Å². The van der Waals surface area contributed by atoms with Crippen LogP contribution in [0.25, 0.3) is 0 Å². The molecule has 1 aromatic rings. The van der Waals surface area contributed by atoms with E-state index in [9.17, 15) is 9.59 Å². The Morgan fingerprint density at radius 1 is 1.04 bits per heavy atom. The van der Waals surface area contributed by atoms with Crippen LogP contribution in [0.15, 0.2) is 23.4 Å². The van der Waals surface area contributed by atoms with Crippen molar-refractivity contribution in [1.29, 1.82) is 0 Å². The van der Waals surface area contributed by atoms with E-state index in [0.717, 1.165) is 0 Å². The molecular weight excluding hydrogens is 318 g/mol. The lowest BCUT2D eigenvalue weighted by molar-refractivity contribution is -0.148. The molecule has 0 heterocycles. The van der Waals surface area contributed by atoms with Gasteiger partial charge in [-0.25, -0.2) is 9.59 Å². The van der Waals surface area contributed by atoms with E-state index in [4.69, 9.17) is 23.8 Å². The molecule has 0 aliphatic rings. The van der Waals surface area contributed by atoms with Crippen molar-refractivity contribution >= 4 is 18.2 Å². The van der Waals surface area contributed by atoms with E-state index in [1.165, 1.54) is 13.3 Å². The number of methoxy groups -OCH3 is 1. The fourth-order valence-corrected chi connectivity index (χ4v) is 1.61. The van der Waals surface area contributed by atoms with Crippen LogP contribution in [0, 0.1) is 0 Å². The highest BCUT2D eigenvalue weighted by Gasteiger charge is 2.09.